The largest absolute Gasteiger partial charge is 0.465 e. The molecule has 22 heavy (non-hydrogen) atoms. The maximum absolute atomic E-state index is 12.2. The van der Waals surface area contributed by atoms with Crippen molar-refractivity contribution in [3.63, 3.8) is 0 Å². The van der Waals surface area contributed by atoms with Gasteiger partial charge < -0.3 is 14.5 Å². The molecule has 3 rings (SSSR count). The van der Waals surface area contributed by atoms with Crippen molar-refractivity contribution in [3.8, 4) is 0 Å². The molecule has 6 heteroatoms. The fraction of sp³-hybridized carbons (Fsp3) is 0.0625. The van der Waals surface area contributed by atoms with E-state index in [4.69, 9.17) is 0 Å². The lowest BCUT2D eigenvalue weighted by Crippen LogP contribution is -2.13. The highest BCUT2D eigenvalue weighted by atomic mass is 16.5. The molecule has 0 atom stereocenters. The summed E-state index contributed by atoms with van der Waals surface area (Å²) in [4.78, 5) is 28.0. The number of carbonyl (C=O) groups is 2. The van der Waals surface area contributed by atoms with Crippen LogP contribution >= 0.6 is 0 Å². The highest BCUT2D eigenvalue weighted by Crippen LogP contribution is 2.13. The van der Waals surface area contributed by atoms with E-state index in [0.717, 1.165) is 0 Å². The van der Waals surface area contributed by atoms with E-state index >= 15 is 0 Å². The molecule has 3 aromatic rings. The molecule has 1 aromatic carbocycles. The molecule has 110 valence electrons. The zero-order chi connectivity index (χ0) is 15.5. The third kappa shape index (κ3) is 2.67. The minimum Gasteiger partial charge on any atom is -0.465 e. The number of carbonyl (C=O) groups excluding carboxylic acids is 2. The SMILES string of the molecule is COC(=O)c1cccc(NC(=O)c2cn3ccccc3n2)c1. The van der Waals surface area contributed by atoms with E-state index in [0.29, 0.717) is 22.6 Å². The first-order valence-corrected chi connectivity index (χ1v) is 6.61. The third-order valence-corrected chi connectivity index (χ3v) is 3.14. The number of anilines is 1. The number of imidazole rings is 1. The van der Waals surface area contributed by atoms with Crippen LogP contribution in [0.2, 0.25) is 0 Å². The molecular formula is C16H13N3O3. The van der Waals surface area contributed by atoms with Crippen molar-refractivity contribution < 1.29 is 14.3 Å². The molecule has 0 fully saturated rings. The van der Waals surface area contributed by atoms with E-state index < -0.39 is 5.97 Å². The Kier molecular flexibility index (Phi) is 3.57. The van der Waals surface area contributed by atoms with Crippen LogP contribution in [0, 0.1) is 0 Å². The summed E-state index contributed by atoms with van der Waals surface area (Å²) in [5.41, 5.74) is 1.87. The predicted molar refractivity (Wildman–Crippen MR) is 80.9 cm³/mol. The summed E-state index contributed by atoms with van der Waals surface area (Å²) in [5.74, 6) is -0.797. The standard InChI is InChI=1S/C16H13N3O3/c1-22-16(21)11-5-4-6-12(9-11)17-15(20)13-10-19-8-3-2-7-14(19)18-13/h2-10H,1H3,(H,17,20). The maximum Gasteiger partial charge on any atom is 0.337 e. The Labute approximate surface area is 126 Å². The van der Waals surface area contributed by atoms with Gasteiger partial charge >= 0.3 is 5.97 Å². The molecule has 1 amide bonds. The number of nitrogens with zero attached hydrogens (tertiary/aromatic N) is 2. The number of hydrogen-bond acceptors (Lipinski definition) is 4. The summed E-state index contributed by atoms with van der Waals surface area (Å²) in [6.45, 7) is 0. The molecule has 0 unspecified atom stereocenters. The minimum absolute atomic E-state index is 0.301. The quantitative estimate of drug-likeness (QED) is 0.753. The second-order valence-corrected chi connectivity index (χ2v) is 4.62. The average molecular weight is 295 g/mol. The monoisotopic (exact) mass is 295 g/mol. The highest BCUT2D eigenvalue weighted by Gasteiger charge is 2.12. The number of esters is 1. The molecule has 0 aliphatic rings. The van der Waals surface area contributed by atoms with E-state index in [-0.39, 0.29) is 5.91 Å². The molecule has 0 radical (unpaired) electrons. The molecule has 0 aliphatic carbocycles. The summed E-state index contributed by atoms with van der Waals surface area (Å²) in [6, 6.07) is 12.1. The van der Waals surface area contributed by atoms with Crippen LogP contribution in [0.3, 0.4) is 0 Å². The number of benzene rings is 1. The van der Waals surface area contributed by atoms with Gasteiger partial charge in [0.1, 0.15) is 11.3 Å². The lowest BCUT2D eigenvalue weighted by atomic mass is 10.2. The molecular weight excluding hydrogens is 282 g/mol. The van der Waals surface area contributed by atoms with Gasteiger partial charge in [-0.25, -0.2) is 9.78 Å². The molecule has 1 N–H and O–H groups in total. The number of hydrogen-bond donors (Lipinski definition) is 1. The lowest BCUT2D eigenvalue weighted by Gasteiger charge is -2.05. The van der Waals surface area contributed by atoms with Crippen LogP contribution in [-0.4, -0.2) is 28.4 Å². The Bertz CT molecular complexity index is 821. The second-order valence-electron chi connectivity index (χ2n) is 4.62. The van der Waals surface area contributed by atoms with Gasteiger partial charge in [0.2, 0.25) is 0 Å². The van der Waals surface area contributed by atoms with Gasteiger partial charge in [0.05, 0.1) is 12.7 Å². The number of ether oxygens (including phenoxy) is 1. The summed E-state index contributed by atoms with van der Waals surface area (Å²) in [5, 5.41) is 2.72. The van der Waals surface area contributed by atoms with Gasteiger partial charge in [-0.2, -0.15) is 0 Å². The lowest BCUT2D eigenvalue weighted by molar-refractivity contribution is 0.0600. The fourth-order valence-electron chi connectivity index (χ4n) is 2.08. The Balaban J connectivity index is 1.83. The molecule has 0 bridgehead atoms. The van der Waals surface area contributed by atoms with Gasteiger partial charge in [-0.05, 0) is 30.3 Å². The molecule has 0 spiro atoms. The number of fused-ring (bicyclic) bond motifs is 1. The number of nitrogens with one attached hydrogen (secondary N) is 1. The van der Waals surface area contributed by atoms with Crippen molar-refractivity contribution in [2.45, 2.75) is 0 Å². The Morgan fingerprint density at radius 1 is 1.18 bits per heavy atom. The van der Waals surface area contributed by atoms with Gasteiger partial charge in [0, 0.05) is 18.1 Å². The number of pyridine rings is 1. The third-order valence-electron chi connectivity index (χ3n) is 3.14. The first kappa shape index (κ1) is 13.8. The highest BCUT2D eigenvalue weighted by molar-refractivity contribution is 6.03. The van der Waals surface area contributed by atoms with Crippen molar-refractivity contribution in [1.29, 1.82) is 0 Å². The number of rotatable bonds is 3. The Morgan fingerprint density at radius 2 is 2.05 bits per heavy atom. The van der Waals surface area contributed by atoms with Gasteiger partial charge in [-0.15, -0.1) is 0 Å². The van der Waals surface area contributed by atoms with Crippen molar-refractivity contribution in [1.82, 2.24) is 9.38 Å². The van der Waals surface area contributed by atoms with Gasteiger partial charge in [-0.3, -0.25) is 4.79 Å². The van der Waals surface area contributed by atoms with Crippen LogP contribution in [0.15, 0.2) is 54.9 Å². The molecule has 2 heterocycles. The zero-order valence-electron chi connectivity index (χ0n) is 11.8. The van der Waals surface area contributed by atoms with Crippen molar-refractivity contribution in [2.75, 3.05) is 12.4 Å². The van der Waals surface area contributed by atoms with Crippen LogP contribution in [0.1, 0.15) is 20.8 Å². The maximum atomic E-state index is 12.2. The molecule has 6 nitrogen and oxygen atoms in total. The molecule has 2 aromatic heterocycles. The Hall–Kier alpha value is -3.15. The smallest absolute Gasteiger partial charge is 0.337 e. The van der Waals surface area contributed by atoms with Crippen LogP contribution in [0.5, 0.6) is 0 Å². The van der Waals surface area contributed by atoms with Crippen molar-refractivity contribution >= 4 is 23.2 Å². The van der Waals surface area contributed by atoms with E-state index in [1.807, 2.05) is 24.4 Å². The molecule has 0 aliphatic heterocycles. The van der Waals surface area contributed by atoms with Crippen LogP contribution < -0.4 is 5.32 Å². The van der Waals surface area contributed by atoms with Crippen molar-refractivity contribution in [3.05, 3.63) is 66.1 Å². The summed E-state index contributed by atoms with van der Waals surface area (Å²) >= 11 is 0. The normalized spacial score (nSPS) is 10.4. The minimum atomic E-state index is -0.455. The molecule has 0 saturated carbocycles. The van der Waals surface area contributed by atoms with Crippen LogP contribution in [-0.2, 0) is 4.74 Å². The van der Waals surface area contributed by atoms with Gasteiger partial charge in [0.25, 0.3) is 5.91 Å². The first-order chi connectivity index (χ1) is 10.7. The first-order valence-electron chi connectivity index (χ1n) is 6.61. The summed E-state index contributed by atoms with van der Waals surface area (Å²) < 4.78 is 6.42. The second kappa shape index (κ2) is 5.69. The van der Waals surface area contributed by atoms with E-state index in [1.54, 1.807) is 34.9 Å². The van der Waals surface area contributed by atoms with Crippen LogP contribution in [0.25, 0.3) is 5.65 Å². The Morgan fingerprint density at radius 3 is 2.82 bits per heavy atom. The van der Waals surface area contributed by atoms with Gasteiger partial charge in [-0.1, -0.05) is 12.1 Å². The van der Waals surface area contributed by atoms with Gasteiger partial charge in [0.15, 0.2) is 0 Å². The number of methoxy groups -OCH3 is 1. The summed E-state index contributed by atoms with van der Waals surface area (Å²) in [6.07, 6.45) is 3.46. The van der Waals surface area contributed by atoms with E-state index in [2.05, 4.69) is 15.0 Å². The van der Waals surface area contributed by atoms with Crippen molar-refractivity contribution in [2.24, 2.45) is 0 Å². The zero-order valence-corrected chi connectivity index (χ0v) is 11.8. The van der Waals surface area contributed by atoms with Crippen LogP contribution in [0.4, 0.5) is 5.69 Å². The predicted octanol–water partition coefficient (Wildman–Crippen LogP) is 2.37. The van der Waals surface area contributed by atoms with E-state index in [9.17, 15) is 9.59 Å². The van der Waals surface area contributed by atoms with E-state index in [1.165, 1.54) is 7.11 Å². The fourth-order valence-corrected chi connectivity index (χ4v) is 2.08. The molecule has 0 saturated heterocycles. The summed E-state index contributed by atoms with van der Waals surface area (Å²) in [7, 11) is 1.31. The number of aromatic nitrogens is 2. The topological polar surface area (TPSA) is 72.7 Å². The average Bonchev–Trinajstić information content (AvgIpc) is 2.98. The number of amides is 1.